The number of fused-ring (bicyclic) bond motifs is 1. The molecule has 2 aromatic rings. The van der Waals surface area contributed by atoms with Crippen LogP contribution in [0.4, 0.5) is 0 Å². The van der Waals surface area contributed by atoms with Crippen molar-refractivity contribution in [2.24, 2.45) is 0 Å². The Balaban J connectivity index is 0.000000210. The standard InChI is InChI=1S/C17H17NO2.C7H10O3S/c19-17(20-12-13-6-2-1-3-7-13)16-10-14-8-4-5-9-15(14)11-18-16;1-6-2-4-7(5-3-6)11(8,9)10/h1-9,16,18H,10-12H2;2-4,7H,5H2,1H3,(H,8,9,10). The van der Waals surface area contributed by atoms with E-state index in [1.807, 2.05) is 49.4 Å². The molecule has 1 aliphatic carbocycles. The van der Waals surface area contributed by atoms with Crippen LogP contribution in [0.5, 0.6) is 0 Å². The molecule has 0 radical (unpaired) electrons. The van der Waals surface area contributed by atoms with Crippen molar-refractivity contribution >= 4 is 16.1 Å². The summed E-state index contributed by atoms with van der Waals surface area (Å²) in [4.78, 5) is 12.1. The highest BCUT2D eigenvalue weighted by Crippen LogP contribution is 2.17. The fourth-order valence-corrected chi connectivity index (χ4v) is 4.00. The van der Waals surface area contributed by atoms with Gasteiger partial charge in [-0.25, -0.2) is 0 Å². The number of esters is 1. The number of nitrogens with one attached hydrogen (secondary N) is 1. The van der Waals surface area contributed by atoms with E-state index < -0.39 is 15.4 Å². The molecular weight excluding hydrogens is 414 g/mol. The number of benzene rings is 2. The van der Waals surface area contributed by atoms with Gasteiger partial charge in [0.05, 0.1) is 0 Å². The molecule has 0 bridgehead atoms. The van der Waals surface area contributed by atoms with Gasteiger partial charge in [-0.05, 0) is 36.5 Å². The zero-order valence-corrected chi connectivity index (χ0v) is 18.2. The van der Waals surface area contributed by atoms with E-state index in [9.17, 15) is 13.2 Å². The molecular formula is C24H27NO5S. The Morgan fingerprint density at radius 1 is 1.10 bits per heavy atom. The average Bonchev–Trinajstić information content (AvgIpc) is 2.78. The van der Waals surface area contributed by atoms with Gasteiger partial charge in [0.15, 0.2) is 0 Å². The Hall–Kier alpha value is -2.74. The SMILES string of the molecule is CC1=CCC(S(=O)(=O)O)C=C1.O=C(OCc1ccccc1)C1Cc2ccccc2CN1. The van der Waals surface area contributed by atoms with Crippen molar-refractivity contribution in [3.05, 3.63) is 95.1 Å². The predicted molar refractivity (Wildman–Crippen MR) is 120 cm³/mol. The third kappa shape index (κ3) is 6.89. The van der Waals surface area contributed by atoms with E-state index >= 15 is 0 Å². The summed E-state index contributed by atoms with van der Waals surface area (Å²) < 4.78 is 35.1. The lowest BCUT2D eigenvalue weighted by Crippen LogP contribution is -2.42. The van der Waals surface area contributed by atoms with Crippen molar-refractivity contribution in [1.29, 1.82) is 0 Å². The van der Waals surface area contributed by atoms with Crippen LogP contribution in [0, 0.1) is 0 Å². The molecule has 6 nitrogen and oxygen atoms in total. The monoisotopic (exact) mass is 441 g/mol. The summed E-state index contributed by atoms with van der Waals surface area (Å²) in [6.45, 7) is 2.94. The molecule has 1 heterocycles. The van der Waals surface area contributed by atoms with E-state index in [-0.39, 0.29) is 12.0 Å². The highest BCUT2D eigenvalue weighted by Gasteiger charge is 2.25. The van der Waals surface area contributed by atoms with Crippen LogP contribution >= 0.6 is 0 Å². The molecule has 0 fully saturated rings. The molecule has 31 heavy (non-hydrogen) atoms. The Bertz CT molecular complexity index is 1060. The summed E-state index contributed by atoms with van der Waals surface area (Å²) in [6.07, 6.45) is 6.07. The van der Waals surface area contributed by atoms with E-state index in [2.05, 4.69) is 17.4 Å². The second-order valence-corrected chi connectivity index (χ2v) is 9.23. The predicted octanol–water partition coefficient (Wildman–Crippen LogP) is 3.59. The lowest BCUT2D eigenvalue weighted by molar-refractivity contribution is -0.147. The van der Waals surface area contributed by atoms with Gasteiger partial charge < -0.3 is 10.1 Å². The second-order valence-electron chi connectivity index (χ2n) is 7.60. The van der Waals surface area contributed by atoms with E-state index in [0.29, 0.717) is 19.4 Å². The molecule has 0 spiro atoms. The number of rotatable bonds is 4. The Labute approximate surface area is 183 Å². The van der Waals surface area contributed by atoms with Crippen LogP contribution < -0.4 is 5.32 Å². The first-order valence-electron chi connectivity index (χ1n) is 10.1. The lowest BCUT2D eigenvalue weighted by Gasteiger charge is -2.24. The average molecular weight is 442 g/mol. The number of carbonyl (C=O) groups excluding carboxylic acids is 1. The molecule has 2 aromatic carbocycles. The van der Waals surface area contributed by atoms with Crippen LogP contribution in [-0.4, -0.2) is 30.2 Å². The van der Waals surface area contributed by atoms with Gasteiger partial charge in [0, 0.05) is 6.54 Å². The maximum atomic E-state index is 12.1. The Kier molecular flexibility index (Phi) is 7.79. The van der Waals surface area contributed by atoms with Crippen LogP contribution in [0.15, 0.2) is 78.4 Å². The second kappa shape index (κ2) is 10.5. The molecule has 0 amide bonds. The summed E-state index contributed by atoms with van der Waals surface area (Å²) in [6, 6.07) is 17.7. The molecule has 2 N–H and O–H groups in total. The molecule has 2 unspecified atom stereocenters. The summed E-state index contributed by atoms with van der Waals surface area (Å²) >= 11 is 0. The zero-order valence-electron chi connectivity index (χ0n) is 17.4. The Morgan fingerprint density at radius 2 is 1.77 bits per heavy atom. The van der Waals surface area contributed by atoms with E-state index in [1.165, 1.54) is 17.2 Å². The summed E-state index contributed by atoms with van der Waals surface area (Å²) in [5.74, 6) is -0.177. The van der Waals surface area contributed by atoms with Gasteiger partial charge in [-0.2, -0.15) is 8.42 Å². The van der Waals surface area contributed by atoms with Crippen molar-refractivity contribution in [2.75, 3.05) is 0 Å². The van der Waals surface area contributed by atoms with E-state index in [0.717, 1.165) is 17.7 Å². The first-order valence-corrected chi connectivity index (χ1v) is 11.7. The highest BCUT2D eigenvalue weighted by molar-refractivity contribution is 7.86. The summed E-state index contributed by atoms with van der Waals surface area (Å²) in [5, 5.41) is 2.49. The minimum Gasteiger partial charge on any atom is -0.460 e. The maximum absolute atomic E-state index is 12.1. The summed E-state index contributed by atoms with van der Waals surface area (Å²) in [5.41, 5.74) is 4.54. The minimum absolute atomic E-state index is 0.177. The molecule has 0 saturated heterocycles. The minimum atomic E-state index is -3.88. The normalized spacial score (nSPS) is 20.0. The van der Waals surface area contributed by atoms with Gasteiger partial charge in [0.1, 0.15) is 17.9 Å². The van der Waals surface area contributed by atoms with Crippen molar-refractivity contribution in [3.8, 4) is 0 Å². The van der Waals surface area contributed by atoms with Crippen molar-refractivity contribution < 1.29 is 22.5 Å². The molecule has 0 aromatic heterocycles. The smallest absolute Gasteiger partial charge is 0.323 e. The fraction of sp³-hybridized carbons (Fsp3) is 0.292. The molecule has 2 atom stereocenters. The van der Waals surface area contributed by atoms with Gasteiger partial charge in [-0.1, -0.05) is 78.4 Å². The molecule has 0 saturated carbocycles. The van der Waals surface area contributed by atoms with Gasteiger partial charge >= 0.3 is 5.97 Å². The fourth-order valence-electron chi connectivity index (χ4n) is 3.38. The van der Waals surface area contributed by atoms with Crippen LogP contribution in [0.1, 0.15) is 30.0 Å². The highest BCUT2D eigenvalue weighted by atomic mass is 32.2. The molecule has 4 rings (SSSR count). The Morgan fingerprint density at radius 3 is 2.42 bits per heavy atom. The maximum Gasteiger partial charge on any atom is 0.323 e. The number of allylic oxidation sites excluding steroid dienone is 3. The van der Waals surface area contributed by atoms with E-state index in [4.69, 9.17) is 9.29 Å². The number of ether oxygens (including phenoxy) is 1. The molecule has 1 aliphatic heterocycles. The number of hydrogen-bond acceptors (Lipinski definition) is 5. The molecule has 7 heteroatoms. The molecule has 164 valence electrons. The first kappa shape index (κ1) is 22.9. The zero-order chi connectivity index (χ0) is 22.3. The third-order valence-electron chi connectivity index (χ3n) is 5.22. The van der Waals surface area contributed by atoms with E-state index in [1.54, 1.807) is 12.2 Å². The van der Waals surface area contributed by atoms with Gasteiger partial charge in [0.2, 0.25) is 0 Å². The van der Waals surface area contributed by atoms with Crippen LogP contribution in [0.2, 0.25) is 0 Å². The van der Waals surface area contributed by atoms with Crippen LogP contribution in [0.25, 0.3) is 0 Å². The summed E-state index contributed by atoms with van der Waals surface area (Å²) in [7, 11) is -3.88. The largest absolute Gasteiger partial charge is 0.460 e. The first-order chi connectivity index (χ1) is 14.8. The third-order valence-corrected chi connectivity index (χ3v) is 6.33. The van der Waals surface area contributed by atoms with Gasteiger partial charge in [-0.3, -0.25) is 9.35 Å². The number of carbonyl (C=O) groups is 1. The van der Waals surface area contributed by atoms with Crippen LogP contribution in [0.3, 0.4) is 0 Å². The van der Waals surface area contributed by atoms with Crippen molar-refractivity contribution in [1.82, 2.24) is 5.32 Å². The lowest BCUT2D eigenvalue weighted by atomic mass is 9.96. The van der Waals surface area contributed by atoms with Gasteiger partial charge in [-0.15, -0.1) is 0 Å². The van der Waals surface area contributed by atoms with Crippen molar-refractivity contribution in [3.63, 3.8) is 0 Å². The topological polar surface area (TPSA) is 92.7 Å². The molecule has 2 aliphatic rings. The quantitative estimate of drug-likeness (QED) is 0.556. The van der Waals surface area contributed by atoms with Crippen LogP contribution in [-0.2, 0) is 39.2 Å². The number of hydrogen-bond donors (Lipinski definition) is 2. The van der Waals surface area contributed by atoms with Gasteiger partial charge in [0.25, 0.3) is 10.1 Å². The van der Waals surface area contributed by atoms with Crippen molar-refractivity contribution in [2.45, 2.75) is 44.2 Å².